The first kappa shape index (κ1) is 10.1. The van der Waals surface area contributed by atoms with E-state index in [9.17, 15) is 4.79 Å². The second-order valence-electron chi connectivity index (χ2n) is 4.91. The molecule has 2 saturated heterocycles. The van der Waals surface area contributed by atoms with E-state index in [0.717, 1.165) is 31.5 Å². The zero-order valence-electron chi connectivity index (χ0n) is 9.20. The SMILES string of the molecule is CC1CC(CN2CCC(=O)C2)CN1C. The Balaban J connectivity index is 1.79. The summed E-state index contributed by atoms with van der Waals surface area (Å²) < 4.78 is 0. The standard InChI is InChI=1S/C11H20N2O/c1-9-5-10(6-12(9)2)7-13-4-3-11(14)8-13/h9-10H,3-8H2,1-2H3. The van der Waals surface area contributed by atoms with Crippen molar-refractivity contribution in [3.8, 4) is 0 Å². The highest BCUT2D eigenvalue weighted by Gasteiger charge is 2.29. The summed E-state index contributed by atoms with van der Waals surface area (Å²) in [6.45, 7) is 6.31. The smallest absolute Gasteiger partial charge is 0.148 e. The van der Waals surface area contributed by atoms with E-state index in [1.54, 1.807) is 0 Å². The van der Waals surface area contributed by atoms with Gasteiger partial charge in [0.2, 0.25) is 0 Å². The highest BCUT2D eigenvalue weighted by Crippen LogP contribution is 2.22. The second kappa shape index (κ2) is 3.99. The van der Waals surface area contributed by atoms with Gasteiger partial charge in [0.1, 0.15) is 5.78 Å². The summed E-state index contributed by atoms with van der Waals surface area (Å²) in [6, 6.07) is 0.721. The minimum atomic E-state index is 0.421. The molecule has 0 bridgehead atoms. The first-order valence-electron chi connectivity index (χ1n) is 5.59. The highest BCUT2D eigenvalue weighted by atomic mass is 16.1. The second-order valence-corrected chi connectivity index (χ2v) is 4.91. The number of hydrogen-bond donors (Lipinski definition) is 0. The third kappa shape index (κ3) is 2.15. The lowest BCUT2D eigenvalue weighted by atomic mass is 10.1. The van der Waals surface area contributed by atoms with Crippen LogP contribution in [-0.2, 0) is 4.79 Å². The van der Waals surface area contributed by atoms with E-state index in [-0.39, 0.29) is 0 Å². The van der Waals surface area contributed by atoms with Gasteiger partial charge in [0.25, 0.3) is 0 Å². The highest BCUT2D eigenvalue weighted by molar-refractivity contribution is 5.82. The predicted molar refractivity (Wildman–Crippen MR) is 56.3 cm³/mol. The number of hydrogen-bond acceptors (Lipinski definition) is 3. The van der Waals surface area contributed by atoms with Gasteiger partial charge in [-0.3, -0.25) is 9.69 Å². The van der Waals surface area contributed by atoms with Crippen molar-refractivity contribution >= 4 is 5.78 Å². The summed E-state index contributed by atoms with van der Waals surface area (Å²) in [5, 5.41) is 0. The van der Waals surface area contributed by atoms with Crippen molar-refractivity contribution in [3.63, 3.8) is 0 Å². The van der Waals surface area contributed by atoms with Crippen LogP contribution in [0.4, 0.5) is 0 Å². The van der Waals surface area contributed by atoms with E-state index < -0.39 is 0 Å². The monoisotopic (exact) mass is 196 g/mol. The maximum atomic E-state index is 11.1. The molecule has 14 heavy (non-hydrogen) atoms. The van der Waals surface area contributed by atoms with Crippen molar-refractivity contribution < 1.29 is 4.79 Å². The number of rotatable bonds is 2. The lowest BCUT2D eigenvalue weighted by Gasteiger charge is -2.18. The molecule has 2 heterocycles. The Kier molecular flexibility index (Phi) is 2.88. The Morgan fingerprint density at radius 2 is 2.29 bits per heavy atom. The topological polar surface area (TPSA) is 23.6 Å². The molecule has 2 unspecified atom stereocenters. The number of carbonyl (C=O) groups excluding carboxylic acids is 1. The van der Waals surface area contributed by atoms with Gasteiger partial charge in [0.05, 0.1) is 6.54 Å². The molecule has 2 atom stereocenters. The summed E-state index contributed by atoms with van der Waals surface area (Å²) in [5.41, 5.74) is 0. The van der Waals surface area contributed by atoms with Crippen LogP contribution in [0.25, 0.3) is 0 Å². The van der Waals surface area contributed by atoms with Gasteiger partial charge in [0, 0.05) is 32.1 Å². The molecule has 0 saturated carbocycles. The third-order valence-electron chi connectivity index (χ3n) is 3.60. The molecule has 2 aliphatic heterocycles. The van der Waals surface area contributed by atoms with Crippen LogP contribution in [0, 0.1) is 5.92 Å². The summed E-state index contributed by atoms with van der Waals surface area (Å²) in [5.74, 6) is 1.20. The fourth-order valence-corrected chi connectivity index (χ4v) is 2.67. The zero-order chi connectivity index (χ0) is 10.1. The van der Waals surface area contributed by atoms with Crippen molar-refractivity contribution in [1.29, 1.82) is 0 Å². The molecule has 0 aromatic rings. The molecule has 3 nitrogen and oxygen atoms in total. The van der Waals surface area contributed by atoms with Gasteiger partial charge in [-0.1, -0.05) is 0 Å². The van der Waals surface area contributed by atoms with Crippen molar-refractivity contribution in [3.05, 3.63) is 0 Å². The van der Waals surface area contributed by atoms with E-state index >= 15 is 0 Å². The number of nitrogens with zero attached hydrogens (tertiary/aromatic N) is 2. The Bertz CT molecular complexity index is 219. The maximum Gasteiger partial charge on any atom is 0.148 e. The number of ketones is 1. The average molecular weight is 196 g/mol. The molecule has 3 heteroatoms. The molecule has 2 rings (SSSR count). The van der Waals surface area contributed by atoms with Crippen molar-refractivity contribution in [2.24, 2.45) is 5.92 Å². The molecule has 0 aliphatic carbocycles. The van der Waals surface area contributed by atoms with Crippen LogP contribution in [0.1, 0.15) is 19.8 Å². The predicted octanol–water partition coefficient (Wildman–Crippen LogP) is 0.601. The summed E-state index contributed by atoms with van der Waals surface area (Å²) >= 11 is 0. The van der Waals surface area contributed by atoms with Crippen molar-refractivity contribution in [2.45, 2.75) is 25.8 Å². The van der Waals surface area contributed by atoms with Gasteiger partial charge in [0.15, 0.2) is 0 Å². The molecule has 0 aromatic heterocycles. The van der Waals surface area contributed by atoms with Gasteiger partial charge in [-0.25, -0.2) is 0 Å². The molecular weight excluding hydrogens is 176 g/mol. The molecule has 0 N–H and O–H groups in total. The number of carbonyl (C=O) groups is 1. The molecule has 0 amide bonds. The molecule has 2 aliphatic rings. The van der Waals surface area contributed by atoms with Crippen LogP contribution < -0.4 is 0 Å². The zero-order valence-corrected chi connectivity index (χ0v) is 9.20. The lowest BCUT2D eigenvalue weighted by molar-refractivity contribution is -0.116. The van der Waals surface area contributed by atoms with Gasteiger partial charge in [-0.05, 0) is 26.3 Å². The summed E-state index contributed by atoms with van der Waals surface area (Å²) in [4.78, 5) is 15.8. The first-order chi connectivity index (χ1) is 6.65. The van der Waals surface area contributed by atoms with Crippen LogP contribution in [0.5, 0.6) is 0 Å². The van der Waals surface area contributed by atoms with Crippen molar-refractivity contribution in [2.75, 3.05) is 33.2 Å². The average Bonchev–Trinajstić information content (AvgIpc) is 2.62. The summed E-state index contributed by atoms with van der Waals surface area (Å²) in [6.07, 6.45) is 2.07. The van der Waals surface area contributed by atoms with Crippen LogP contribution in [0.2, 0.25) is 0 Å². The largest absolute Gasteiger partial charge is 0.303 e. The van der Waals surface area contributed by atoms with Gasteiger partial charge in [-0.2, -0.15) is 0 Å². The van der Waals surface area contributed by atoms with E-state index in [1.807, 2.05) is 0 Å². The number of likely N-dealkylation sites (tertiary alicyclic amines) is 2. The molecule has 0 aromatic carbocycles. The van der Waals surface area contributed by atoms with Crippen molar-refractivity contribution in [1.82, 2.24) is 9.80 Å². The Labute approximate surface area is 86.1 Å². The fourth-order valence-electron chi connectivity index (χ4n) is 2.67. The van der Waals surface area contributed by atoms with Gasteiger partial charge < -0.3 is 4.90 Å². The lowest BCUT2D eigenvalue weighted by Crippen LogP contribution is -2.29. The molecule has 2 fully saturated rings. The molecule has 0 radical (unpaired) electrons. The van der Waals surface area contributed by atoms with Crippen LogP contribution in [-0.4, -0.2) is 54.9 Å². The van der Waals surface area contributed by atoms with E-state index in [2.05, 4.69) is 23.8 Å². The molecular formula is C11H20N2O. The van der Waals surface area contributed by atoms with Crippen LogP contribution in [0.3, 0.4) is 0 Å². The summed E-state index contributed by atoms with van der Waals surface area (Å²) in [7, 11) is 2.19. The molecule has 80 valence electrons. The Morgan fingerprint density at radius 1 is 1.50 bits per heavy atom. The Hall–Kier alpha value is -0.410. The first-order valence-corrected chi connectivity index (χ1v) is 5.59. The van der Waals surface area contributed by atoms with E-state index in [4.69, 9.17) is 0 Å². The third-order valence-corrected chi connectivity index (χ3v) is 3.60. The fraction of sp³-hybridized carbons (Fsp3) is 0.909. The normalized spacial score (nSPS) is 35.7. The van der Waals surface area contributed by atoms with E-state index in [0.29, 0.717) is 12.3 Å². The molecule has 0 spiro atoms. The quantitative estimate of drug-likeness (QED) is 0.646. The van der Waals surface area contributed by atoms with Gasteiger partial charge in [-0.15, -0.1) is 0 Å². The number of Topliss-reactive ketones (excluding diaryl/α,β-unsaturated/α-hetero) is 1. The minimum Gasteiger partial charge on any atom is -0.303 e. The van der Waals surface area contributed by atoms with E-state index in [1.165, 1.54) is 13.0 Å². The minimum absolute atomic E-state index is 0.421. The van der Waals surface area contributed by atoms with Crippen LogP contribution in [0.15, 0.2) is 0 Å². The Morgan fingerprint density at radius 3 is 2.79 bits per heavy atom. The van der Waals surface area contributed by atoms with Gasteiger partial charge >= 0.3 is 0 Å². The van der Waals surface area contributed by atoms with Crippen LogP contribution >= 0.6 is 0 Å². The maximum absolute atomic E-state index is 11.1.